The molecule has 0 unspecified atom stereocenters. The molecule has 0 aliphatic heterocycles. The van der Waals surface area contributed by atoms with Crippen molar-refractivity contribution in [3.8, 4) is 5.75 Å². The molecule has 10 nitrogen and oxygen atoms in total. The molecular formula is C21H19BrN4O6. The fourth-order valence-corrected chi connectivity index (χ4v) is 3.23. The van der Waals surface area contributed by atoms with Crippen LogP contribution in [-0.4, -0.2) is 39.5 Å². The minimum Gasteiger partial charge on any atom is -0.478 e. The van der Waals surface area contributed by atoms with Crippen molar-refractivity contribution in [3.05, 3.63) is 72.7 Å². The number of hydrogen-bond acceptors (Lipinski definition) is 8. The summed E-state index contributed by atoms with van der Waals surface area (Å²) in [5.74, 6) is -0.0823. The van der Waals surface area contributed by atoms with Crippen molar-refractivity contribution in [1.29, 1.82) is 0 Å². The van der Waals surface area contributed by atoms with E-state index in [1.807, 2.05) is 0 Å². The summed E-state index contributed by atoms with van der Waals surface area (Å²) in [7, 11) is 0. The molecule has 32 heavy (non-hydrogen) atoms. The van der Waals surface area contributed by atoms with Crippen LogP contribution >= 0.6 is 15.9 Å². The molecule has 0 aliphatic rings. The number of nitro groups is 1. The maximum Gasteiger partial charge on any atom is 0.347 e. The number of hydrogen-bond donors (Lipinski definition) is 0. The molecule has 0 amide bonds. The fourth-order valence-electron chi connectivity index (χ4n) is 2.87. The van der Waals surface area contributed by atoms with Crippen molar-refractivity contribution < 1.29 is 19.2 Å². The Morgan fingerprint density at radius 1 is 1.34 bits per heavy atom. The molecular weight excluding hydrogens is 484 g/mol. The summed E-state index contributed by atoms with van der Waals surface area (Å²) in [4.78, 5) is 39.8. The predicted molar refractivity (Wildman–Crippen MR) is 121 cm³/mol. The number of nitrogens with zero attached hydrogens (tertiary/aromatic N) is 4. The van der Waals surface area contributed by atoms with Gasteiger partial charge in [0, 0.05) is 22.2 Å². The van der Waals surface area contributed by atoms with Gasteiger partial charge in [0.25, 0.3) is 11.2 Å². The van der Waals surface area contributed by atoms with Crippen LogP contribution in [0.15, 0.2) is 50.8 Å². The number of rotatable bonds is 7. The number of benzene rings is 2. The van der Waals surface area contributed by atoms with E-state index >= 15 is 0 Å². The summed E-state index contributed by atoms with van der Waals surface area (Å²) in [5.41, 5.74) is 0.117. The van der Waals surface area contributed by atoms with Gasteiger partial charge in [0.05, 0.1) is 28.6 Å². The van der Waals surface area contributed by atoms with Crippen molar-refractivity contribution in [2.45, 2.75) is 26.9 Å². The lowest BCUT2D eigenvalue weighted by Gasteiger charge is -2.15. The van der Waals surface area contributed by atoms with Gasteiger partial charge in [-0.3, -0.25) is 14.9 Å². The molecule has 0 spiro atoms. The fraction of sp³-hybridized carbons (Fsp3) is 0.238. The number of esters is 1. The maximum absolute atomic E-state index is 12.9. The maximum atomic E-state index is 12.9. The Morgan fingerprint density at radius 3 is 2.78 bits per heavy atom. The second-order valence-electron chi connectivity index (χ2n) is 6.67. The number of carbonyl (C=O) groups is 1. The van der Waals surface area contributed by atoms with Gasteiger partial charge in [0.2, 0.25) is 0 Å². The quantitative estimate of drug-likeness (QED) is 0.209. The minimum atomic E-state index is -0.951. The molecule has 0 saturated heterocycles. The highest BCUT2D eigenvalue weighted by Gasteiger charge is 2.19. The molecule has 3 aromatic rings. The Labute approximate surface area is 190 Å². The number of fused-ring (bicyclic) bond motifs is 1. The van der Waals surface area contributed by atoms with E-state index < -0.39 is 22.6 Å². The average Bonchev–Trinajstić information content (AvgIpc) is 2.75. The first kappa shape index (κ1) is 23.1. The molecule has 0 fully saturated rings. The summed E-state index contributed by atoms with van der Waals surface area (Å²) in [6, 6.07) is 8.98. The van der Waals surface area contributed by atoms with Gasteiger partial charge in [-0.2, -0.15) is 9.78 Å². The molecule has 3 rings (SSSR count). The second-order valence-corrected chi connectivity index (χ2v) is 7.59. The van der Waals surface area contributed by atoms with Crippen LogP contribution in [0.1, 0.15) is 25.2 Å². The second kappa shape index (κ2) is 9.69. The first-order chi connectivity index (χ1) is 15.2. The molecule has 1 heterocycles. The van der Waals surface area contributed by atoms with Gasteiger partial charge in [-0.1, -0.05) is 15.9 Å². The van der Waals surface area contributed by atoms with Gasteiger partial charge >= 0.3 is 5.97 Å². The molecule has 0 N–H and O–H groups in total. The standard InChI is InChI=1S/C21H19BrN4O6/c1-4-31-21(28)12(2)32-19-8-6-16(26(29)30)9-14(19)11-23-25-13(3)24-18-7-5-15(22)10-17(18)20(25)27/h5-12H,4H2,1-3H3/t12-/m1/s1. The molecule has 0 bridgehead atoms. The van der Waals surface area contributed by atoms with E-state index in [2.05, 4.69) is 26.0 Å². The average molecular weight is 503 g/mol. The van der Waals surface area contributed by atoms with Crippen molar-refractivity contribution in [1.82, 2.24) is 9.66 Å². The molecule has 2 aromatic carbocycles. The van der Waals surface area contributed by atoms with E-state index in [1.165, 1.54) is 31.3 Å². The van der Waals surface area contributed by atoms with Gasteiger partial charge in [-0.15, -0.1) is 0 Å². The molecule has 166 valence electrons. The normalized spacial score (nSPS) is 12.1. The third kappa shape index (κ3) is 4.99. The third-order valence-corrected chi connectivity index (χ3v) is 4.90. The van der Waals surface area contributed by atoms with Crippen LogP contribution in [0.5, 0.6) is 5.75 Å². The highest BCUT2D eigenvalue weighted by atomic mass is 79.9. The van der Waals surface area contributed by atoms with E-state index in [0.717, 1.165) is 4.68 Å². The van der Waals surface area contributed by atoms with Crippen LogP contribution in [0.2, 0.25) is 0 Å². The van der Waals surface area contributed by atoms with Crippen LogP contribution in [-0.2, 0) is 9.53 Å². The van der Waals surface area contributed by atoms with Gasteiger partial charge in [-0.05, 0) is 45.0 Å². The van der Waals surface area contributed by atoms with Gasteiger partial charge in [0.1, 0.15) is 11.6 Å². The number of ether oxygens (including phenoxy) is 2. The van der Waals surface area contributed by atoms with Crippen molar-refractivity contribution >= 4 is 44.7 Å². The van der Waals surface area contributed by atoms with Crippen LogP contribution < -0.4 is 10.3 Å². The SMILES string of the molecule is CCOC(=O)[C@@H](C)Oc1ccc([N+](=O)[O-])cc1C=Nn1c(C)nc2ccc(Br)cc2c1=O. The van der Waals surface area contributed by atoms with Gasteiger partial charge in [-0.25, -0.2) is 9.78 Å². The topological polar surface area (TPSA) is 126 Å². The first-order valence-electron chi connectivity index (χ1n) is 9.56. The molecule has 0 radical (unpaired) electrons. The summed E-state index contributed by atoms with van der Waals surface area (Å²) in [6.45, 7) is 4.98. The van der Waals surface area contributed by atoms with Crippen molar-refractivity contribution in [2.24, 2.45) is 5.10 Å². The third-order valence-electron chi connectivity index (χ3n) is 4.41. The number of non-ortho nitro benzene ring substituents is 1. The first-order valence-corrected chi connectivity index (χ1v) is 10.4. The van der Waals surface area contributed by atoms with Crippen LogP contribution in [0.4, 0.5) is 5.69 Å². The Hall–Kier alpha value is -3.60. The van der Waals surface area contributed by atoms with E-state index in [-0.39, 0.29) is 23.6 Å². The minimum absolute atomic E-state index is 0.169. The Balaban J connectivity index is 2.05. The van der Waals surface area contributed by atoms with E-state index in [4.69, 9.17) is 9.47 Å². The zero-order valence-corrected chi connectivity index (χ0v) is 19.0. The van der Waals surface area contributed by atoms with Crippen LogP contribution in [0, 0.1) is 17.0 Å². The number of carbonyl (C=O) groups excluding carboxylic acids is 1. The van der Waals surface area contributed by atoms with Crippen LogP contribution in [0.3, 0.4) is 0 Å². The van der Waals surface area contributed by atoms with E-state index in [1.54, 1.807) is 32.0 Å². The van der Waals surface area contributed by atoms with Gasteiger partial charge < -0.3 is 9.47 Å². The van der Waals surface area contributed by atoms with E-state index in [9.17, 15) is 19.7 Å². The Kier molecular flexibility index (Phi) is 6.98. The Bertz CT molecular complexity index is 1290. The smallest absolute Gasteiger partial charge is 0.347 e. The van der Waals surface area contributed by atoms with Crippen molar-refractivity contribution in [2.75, 3.05) is 6.61 Å². The van der Waals surface area contributed by atoms with Crippen molar-refractivity contribution in [3.63, 3.8) is 0 Å². The zero-order valence-electron chi connectivity index (χ0n) is 17.4. The summed E-state index contributed by atoms with van der Waals surface area (Å²) >= 11 is 3.33. The number of nitro benzene ring substituents is 1. The molecule has 1 atom stereocenters. The van der Waals surface area contributed by atoms with Crippen LogP contribution in [0.25, 0.3) is 10.9 Å². The lowest BCUT2D eigenvalue weighted by Crippen LogP contribution is -2.26. The Morgan fingerprint density at radius 2 is 2.09 bits per heavy atom. The molecule has 11 heteroatoms. The lowest BCUT2D eigenvalue weighted by molar-refractivity contribution is -0.384. The molecule has 0 saturated carbocycles. The van der Waals surface area contributed by atoms with E-state index in [0.29, 0.717) is 21.2 Å². The predicted octanol–water partition coefficient (Wildman–Crippen LogP) is 3.59. The summed E-state index contributed by atoms with van der Waals surface area (Å²) in [6.07, 6.45) is 0.299. The largest absolute Gasteiger partial charge is 0.478 e. The molecule has 0 aliphatic carbocycles. The number of halogens is 1. The molecule has 1 aromatic heterocycles. The lowest BCUT2D eigenvalue weighted by atomic mass is 10.2. The summed E-state index contributed by atoms with van der Waals surface area (Å²) in [5, 5.41) is 15.8. The number of aromatic nitrogens is 2. The highest BCUT2D eigenvalue weighted by molar-refractivity contribution is 9.10. The van der Waals surface area contributed by atoms with Gasteiger partial charge in [0.15, 0.2) is 6.10 Å². The zero-order chi connectivity index (χ0) is 23.4. The monoisotopic (exact) mass is 502 g/mol. The summed E-state index contributed by atoms with van der Waals surface area (Å²) < 4.78 is 12.4. The highest BCUT2D eigenvalue weighted by Crippen LogP contribution is 2.24. The number of aryl methyl sites for hydroxylation is 1.